The normalized spacial score (nSPS) is 12.0. The quantitative estimate of drug-likeness (QED) is 0.149. The van der Waals surface area contributed by atoms with Gasteiger partial charge in [-0.15, -0.1) is 0 Å². The second-order valence-corrected chi connectivity index (χ2v) is 17.9. The van der Waals surface area contributed by atoms with E-state index >= 15 is 0 Å². The summed E-state index contributed by atoms with van der Waals surface area (Å²) in [5, 5.41) is 9.75. The summed E-state index contributed by atoms with van der Waals surface area (Å²) in [7, 11) is 0. The third-order valence-electron chi connectivity index (χ3n) is 13.2. The maximum atomic E-state index is 6.75. The van der Waals surface area contributed by atoms with Gasteiger partial charge in [0.1, 0.15) is 5.58 Å². The molecule has 0 radical (unpaired) electrons. The van der Waals surface area contributed by atoms with Crippen molar-refractivity contribution >= 4 is 100 Å². The summed E-state index contributed by atoms with van der Waals surface area (Å²) >= 11 is 1.87. The first kappa shape index (κ1) is 37.5. The lowest BCUT2D eigenvalue weighted by Crippen LogP contribution is -2.12. The van der Waals surface area contributed by atoms with Gasteiger partial charge >= 0.3 is 0 Å². The van der Waals surface area contributed by atoms with Gasteiger partial charge in [-0.2, -0.15) is 0 Å². The Hall–Kier alpha value is -8.05. The van der Waals surface area contributed by atoms with Crippen molar-refractivity contribution in [3.05, 3.63) is 230 Å². The Kier molecular flexibility index (Phi) is 8.68. The standard InChI is InChI=1S/C61H40N2OS/c1-39-45-35-33-43(62(42-21-6-3-7-22-42)53-29-14-20-41-19-8-9-23-46(41)53)37-52(45)49-26-16-32-57-60(49)59(39)51-36-34-44(38-58(51)65-57)63(54-28-12-10-24-47(54)40-17-4-2-5-18-40)55-30-15-27-50-48-25-11-13-31-56(48)64-61(50)55/h2-38H,1H3. The SMILES string of the molecule is Cc1c2c3c(cccc3c3cc(N(c4ccccc4)c4cccc5ccccc45)ccc13)Sc1cc(N(c3ccccc3-c3ccccc3)c3cccc4c3oc3ccccc34)ccc1-2. The highest BCUT2D eigenvalue weighted by molar-refractivity contribution is 7.99. The molecule has 1 aliphatic heterocycles. The van der Waals surface area contributed by atoms with Crippen molar-refractivity contribution in [3.8, 4) is 22.3 Å². The summed E-state index contributed by atoms with van der Waals surface area (Å²) in [6.07, 6.45) is 0. The maximum absolute atomic E-state index is 6.75. The Morgan fingerprint density at radius 1 is 0.385 bits per heavy atom. The molecular weight excluding hydrogens is 809 g/mol. The van der Waals surface area contributed by atoms with Gasteiger partial charge in [0.25, 0.3) is 0 Å². The van der Waals surface area contributed by atoms with Crippen LogP contribution in [0.15, 0.2) is 239 Å². The molecule has 0 saturated heterocycles. The van der Waals surface area contributed by atoms with Crippen molar-refractivity contribution in [2.24, 2.45) is 0 Å². The summed E-state index contributed by atoms with van der Waals surface area (Å²) in [6, 6.07) is 81.2. The lowest BCUT2D eigenvalue weighted by atomic mass is 9.88. The van der Waals surface area contributed by atoms with E-state index in [0.717, 1.165) is 67.2 Å². The van der Waals surface area contributed by atoms with Crippen molar-refractivity contribution in [3.63, 3.8) is 0 Å². The topological polar surface area (TPSA) is 19.6 Å². The largest absolute Gasteiger partial charge is 0.454 e. The van der Waals surface area contributed by atoms with Gasteiger partial charge in [-0.25, -0.2) is 0 Å². The van der Waals surface area contributed by atoms with Gasteiger partial charge in [-0.1, -0.05) is 169 Å². The van der Waals surface area contributed by atoms with Crippen LogP contribution in [-0.4, -0.2) is 0 Å². The Labute approximate surface area is 381 Å². The van der Waals surface area contributed by atoms with Gasteiger partial charge in [0.15, 0.2) is 5.58 Å². The van der Waals surface area contributed by atoms with Gasteiger partial charge in [0, 0.05) is 54.0 Å². The fraction of sp³-hybridized carbons (Fsp3) is 0.0164. The molecule has 0 bridgehead atoms. The van der Waals surface area contributed by atoms with Crippen molar-refractivity contribution in [2.45, 2.75) is 16.7 Å². The van der Waals surface area contributed by atoms with E-state index in [2.05, 4.69) is 235 Å². The molecule has 12 aromatic rings. The number of fused-ring (bicyclic) bond motifs is 8. The second-order valence-electron chi connectivity index (χ2n) is 16.8. The molecule has 2 heterocycles. The zero-order valence-electron chi connectivity index (χ0n) is 35.6. The first-order valence-electron chi connectivity index (χ1n) is 22.2. The highest BCUT2D eigenvalue weighted by Gasteiger charge is 2.28. The molecule has 11 aromatic carbocycles. The molecule has 1 aromatic heterocycles. The van der Waals surface area contributed by atoms with E-state index in [1.165, 1.54) is 58.8 Å². The van der Waals surface area contributed by atoms with Crippen LogP contribution in [-0.2, 0) is 0 Å². The zero-order chi connectivity index (χ0) is 43.0. The monoisotopic (exact) mass is 848 g/mol. The summed E-state index contributed by atoms with van der Waals surface area (Å²) < 4.78 is 6.75. The summed E-state index contributed by atoms with van der Waals surface area (Å²) in [5.74, 6) is 0. The van der Waals surface area contributed by atoms with E-state index in [0.29, 0.717) is 0 Å². The van der Waals surface area contributed by atoms with Crippen LogP contribution in [0.1, 0.15) is 5.56 Å². The molecule has 1 aliphatic rings. The van der Waals surface area contributed by atoms with Crippen molar-refractivity contribution in [1.29, 1.82) is 0 Å². The first-order chi connectivity index (χ1) is 32.2. The van der Waals surface area contributed by atoms with E-state index in [-0.39, 0.29) is 0 Å². The molecule has 306 valence electrons. The first-order valence-corrected chi connectivity index (χ1v) is 23.0. The van der Waals surface area contributed by atoms with Gasteiger partial charge in [-0.05, 0) is 117 Å². The number of furan rings is 1. The highest BCUT2D eigenvalue weighted by atomic mass is 32.2. The molecule has 65 heavy (non-hydrogen) atoms. The molecule has 0 N–H and O–H groups in total. The minimum atomic E-state index is 0.866. The summed E-state index contributed by atoms with van der Waals surface area (Å²) in [6.45, 7) is 2.31. The van der Waals surface area contributed by atoms with Crippen molar-refractivity contribution in [1.82, 2.24) is 0 Å². The van der Waals surface area contributed by atoms with E-state index in [9.17, 15) is 0 Å². The number of aryl methyl sites for hydroxylation is 1. The molecule has 0 fully saturated rings. The molecule has 0 unspecified atom stereocenters. The molecule has 0 spiro atoms. The average molecular weight is 849 g/mol. The molecular formula is C61H40N2OS. The van der Waals surface area contributed by atoms with Crippen LogP contribution in [0.3, 0.4) is 0 Å². The molecule has 0 atom stereocenters. The Balaban J connectivity index is 1.00. The number of benzene rings is 11. The summed E-state index contributed by atoms with van der Waals surface area (Å²) in [4.78, 5) is 7.30. The van der Waals surface area contributed by atoms with Crippen LogP contribution in [0.5, 0.6) is 0 Å². The zero-order valence-corrected chi connectivity index (χ0v) is 36.4. The van der Waals surface area contributed by atoms with Crippen LogP contribution < -0.4 is 9.80 Å². The summed E-state index contributed by atoms with van der Waals surface area (Å²) in [5.41, 5.74) is 14.5. The molecule has 0 aliphatic carbocycles. The smallest absolute Gasteiger partial charge is 0.159 e. The predicted octanol–water partition coefficient (Wildman–Crippen LogP) is 18.1. The molecule has 0 amide bonds. The third-order valence-corrected chi connectivity index (χ3v) is 14.3. The fourth-order valence-corrected chi connectivity index (χ4v) is 11.4. The van der Waals surface area contributed by atoms with E-state index in [4.69, 9.17) is 4.42 Å². The fourth-order valence-electron chi connectivity index (χ4n) is 10.3. The van der Waals surface area contributed by atoms with Gasteiger partial charge < -0.3 is 14.2 Å². The van der Waals surface area contributed by atoms with Gasteiger partial charge in [-0.3, -0.25) is 0 Å². The maximum Gasteiger partial charge on any atom is 0.159 e. The molecule has 4 heteroatoms. The number of hydrogen-bond donors (Lipinski definition) is 0. The van der Waals surface area contributed by atoms with Crippen LogP contribution in [0.2, 0.25) is 0 Å². The van der Waals surface area contributed by atoms with Gasteiger partial charge in [0.05, 0.1) is 17.1 Å². The van der Waals surface area contributed by atoms with Crippen LogP contribution in [0.25, 0.3) is 76.5 Å². The Morgan fingerprint density at radius 3 is 1.92 bits per heavy atom. The van der Waals surface area contributed by atoms with E-state index in [1.807, 2.05) is 17.8 Å². The average Bonchev–Trinajstić information content (AvgIpc) is 3.76. The van der Waals surface area contributed by atoms with Gasteiger partial charge in [0.2, 0.25) is 0 Å². The third kappa shape index (κ3) is 5.99. The molecule has 3 nitrogen and oxygen atoms in total. The van der Waals surface area contributed by atoms with E-state index in [1.54, 1.807) is 0 Å². The number of hydrogen-bond acceptors (Lipinski definition) is 4. The minimum Gasteiger partial charge on any atom is -0.454 e. The van der Waals surface area contributed by atoms with Crippen molar-refractivity contribution in [2.75, 3.05) is 9.80 Å². The van der Waals surface area contributed by atoms with Crippen LogP contribution in [0.4, 0.5) is 34.1 Å². The lowest BCUT2D eigenvalue weighted by Gasteiger charge is -2.30. The number of rotatable bonds is 7. The van der Waals surface area contributed by atoms with Crippen LogP contribution >= 0.6 is 11.8 Å². The number of para-hydroxylation sites is 4. The minimum absolute atomic E-state index is 0.866. The highest BCUT2D eigenvalue weighted by Crippen LogP contribution is 2.54. The number of nitrogens with zero attached hydrogens (tertiary/aromatic N) is 2. The Morgan fingerprint density at radius 2 is 1.03 bits per heavy atom. The Bertz CT molecular complexity index is 3830. The second kappa shape index (κ2) is 15.0. The van der Waals surface area contributed by atoms with Crippen LogP contribution in [0, 0.1) is 6.92 Å². The molecule has 13 rings (SSSR count). The predicted molar refractivity (Wildman–Crippen MR) is 275 cm³/mol. The van der Waals surface area contributed by atoms with E-state index < -0.39 is 0 Å². The number of anilines is 6. The van der Waals surface area contributed by atoms with Crippen molar-refractivity contribution < 1.29 is 4.42 Å². The molecule has 0 saturated carbocycles. The lowest BCUT2D eigenvalue weighted by molar-refractivity contribution is 0.669.